The summed E-state index contributed by atoms with van der Waals surface area (Å²) >= 11 is 0. The lowest BCUT2D eigenvalue weighted by Crippen LogP contribution is -2.55. The summed E-state index contributed by atoms with van der Waals surface area (Å²) in [7, 11) is 1.64. The second kappa shape index (κ2) is 7.19. The quantitative estimate of drug-likeness (QED) is 0.837. The SMILES string of the molecule is COc1cccc(N2CCN(C(=O)C3Oc4ccccc4NC3=O)CC2)c1. The zero-order valence-electron chi connectivity index (χ0n) is 15.1. The van der Waals surface area contributed by atoms with Gasteiger partial charge in [-0.05, 0) is 24.3 Å². The van der Waals surface area contributed by atoms with Gasteiger partial charge in [-0.25, -0.2) is 0 Å². The van der Waals surface area contributed by atoms with E-state index >= 15 is 0 Å². The van der Waals surface area contributed by atoms with E-state index in [0.29, 0.717) is 37.6 Å². The lowest BCUT2D eigenvalue weighted by Gasteiger charge is -2.38. The molecule has 2 aromatic rings. The van der Waals surface area contributed by atoms with Crippen LogP contribution in [-0.2, 0) is 9.59 Å². The van der Waals surface area contributed by atoms with Crippen LogP contribution in [0.2, 0.25) is 0 Å². The van der Waals surface area contributed by atoms with E-state index in [4.69, 9.17) is 9.47 Å². The van der Waals surface area contributed by atoms with E-state index in [1.54, 1.807) is 24.1 Å². The number of amides is 2. The summed E-state index contributed by atoms with van der Waals surface area (Å²) in [5, 5.41) is 2.74. The lowest BCUT2D eigenvalue weighted by molar-refractivity contribution is -0.145. The lowest BCUT2D eigenvalue weighted by atomic mass is 10.1. The van der Waals surface area contributed by atoms with Crippen LogP contribution in [0.5, 0.6) is 11.5 Å². The van der Waals surface area contributed by atoms with Crippen molar-refractivity contribution in [1.82, 2.24) is 4.90 Å². The van der Waals surface area contributed by atoms with Crippen LogP contribution in [-0.4, -0.2) is 56.1 Å². The van der Waals surface area contributed by atoms with Crippen LogP contribution in [0.1, 0.15) is 0 Å². The van der Waals surface area contributed by atoms with E-state index in [2.05, 4.69) is 10.2 Å². The van der Waals surface area contributed by atoms with Crippen molar-refractivity contribution < 1.29 is 19.1 Å². The predicted octanol–water partition coefficient (Wildman–Crippen LogP) is 1.74. The standard InChI is InChI=1S/C20H21N3O4/c1-26-15-6-4-5-14(13-15)22-9-11-23(12-10-22)20(25)18-19(24)21-16-7-2-3-8-17(16)27-18/h2-8,13,18H,9-12H2,1H3,(H,21,24). The molecule has 27 heavy (non-hydrogen) atoms. The van der Waals surface area contributed by atoms with Gasteiger partial charge in [-0.15, -0.1) is 0 Å². The molecule has 0 aliphatic carbocycles. The van der Waals surface area contributed by atoms with Gasteiger partial charge in [0.15, 0.2) is 0 Å². The van der Waals surface area contributed by atoms with Crippen molar-refractivity contribution in [3.63, 3.8) is 0 Å². The zero-order valence-corrected chi connectivity index (χ0v) is 15.1. The van der Waals surface area contributed by atoms with E-state index in [-0.39, 0.29) is 5.91 Å². The number of rotatable bonds is 3. The number of hydrogen-bond donors (Lipinski definition) is 1. The Morgan fingerprint density at radius 1 is 1.11 bits per heavy atom. The van der Waals surface area contributed by atoms with Gasteiger partial charge < -0.3 is 24.6 Å². The maximum atomic E-state index is 12.8. The predicted molar refractivity (Wildman–Crippen MR) is 101 cm³/mol. The third-order valence-corrected chi connectivity index (χ3v) is 4.86. The number of para-hydroxylation sites is 2. The third kappa shape index (κ3) is 3.40. The first-order valence-electron chi connectivity index (χ1n) is 8.90. The molecule has 2 heterocycles. The number of nitrogens with one attached hydrogen (secondary N) is 1. The highest BCUT2D eigenvalue weighted by Crippen LogP contribution is 2.29. The molecule has 1 N–H and O–H groups in total. The summed E-state index contributed by atoms with van der Waals surface area (Å²) in [6, 6.07) is 15.0. The van der Waals surface area contributed by atoms with Crippen LogP contribution < -0.4 is 19.7 Å². The van der Waals surface area contributed by atoms with Crippen LogP contribution in [0.15, 0.2) is 48.5 Å². The molecule has 0 aromatic heterocycles. The van der Waals surface area contributed by atoms with Crippen LogP contribution in [0.3, 0.4) is 0 Å². The second-order valence-corrected chi connectivity index (χ2v) is 6.50. The van der Waals surface area contributed by atoms with Crippen LogP contribution in [0, 0.1) is 0 Å². The summed E-state index contributed by atoms with van der Waals surface area (Å²) in [5.41, 5.74) is 1.65. The molecule has 0 saturated carbocycles. The van der Waals surface area contributed by atoms with Crippen molar-refractivity contribution in [3.05, 3.63) is 48.5 Å². The number of hydrogen-bond acceptors (Lipinski definition) is 5. The Hall–Kier alpha value is -3.22. The molecule has 2 aliphatic heterocycles. The van der Waals surface area contributed by atoms with E-state index < -0.39 is 12.0 Å². The van der Waals surface area contributed by atoms with Gasteiger partial charge >= 0.3 is 0 Å². The number of fused-ring (bicyclic) bond motifs is 1. The number of ether oxygens (including phenoxy) is 2. The Labute approximate surface area is 157 Å². The summed E-state index contributed by atoms with van der Waals surface area (Å²) in [6.07, 6.45) is -1.14. The van der Waals surface area contributed by atoms with Gasteiger partial charge in [0.05, 0.1) is 12.8 Å². The van der Waals surface area contributed by atoms with Gasteiger partial charge in [0.2, 0.25) is 0 Å². The van der Waals surface area contributed by atoms with Crippen molar-refractivity contribution in [3.8, 4) is 11.5 Å². The van der Waals surface area contributed by atoms with Gasteiger partial charge in [-0.3, -0.25) is 9.59 Å². The number of nitrogens with zero attached hydrogens (tertiary/aromatic N) is 2. The average molecular weight is 367 g/mol. The normalized spacial score (nSPS) is 19.0. The molecule has 7 heteroatoms. The highest BCUT2D eigenvalue weighted by Gasteiger charge is 2.37. The Morgan fingerprint density at radius 2 is 1.89 bits per heavy atom. The fourth-order valence-corrected chi connectivity index (χ4v) is 3.37. The van der Waals surface area contributed by atoms with Crippen molar-refractivity contribution in [1.29, 1.82) is 0 Å². The van der Waals surface area contributed by atoms with Gasteiger partial charge in [0.25, 0.3) is 17.9 Å². The molecule has 4 rings (SSSR count). The van der Waals surface area contributed by atoms with Gasteiger partial charge in [-0.1, -0.05) is 18.2 Å². The Kier molecular flexibility index (Phi) is 4.58. The average Bonchev–Trinajstić information content (AvgIpc) is 2.73. The maximum absolute atomic E-state index is 12.8. The molecular formula is C20H21N3O4. The van der Waals surface area contributed by atoms with Crippen LogP contribution in [0.4, 0.5) is 11.4 Å². The first-order valence-corrected chi connectivity index (χ1v) is 8.90. The smallest absolute Gasteiger partial charge is 0.275 e. The summed E-state index contributed by atoms with van der Waals surface area (Å²) in [4.78, 5) is 29.0. The first kappa shape index (κ1) is 17.2. The fourth-order valence-electron chi connectivity index (χ4n) is 3.37. The third-order valence-electron chi connectivity index (χ3n) is 4.86. The molecule has 140 valence electrons. The number of carbonyl (C=O) groups is 2. The van der Waals surface area contributed by atoms with Gasteiger partial charge in [0, 0.05) is 37.9 Å². The highest BCUT2D eigenvalue weighted by molar-refractivity contribution is 6.11. The highest BCUT2D eigenvalue weighted by atomic mass is 16.5. The molecule has 0 bridgehead atoms. The molecule has 1 fully saturated rings. The zero-order chi connectivity index (χ0) is 18.8. The number of benzene rings is 2. The summed E-state index contributed by atoms with van der Waals surface area (Å²) < 4.78 is 10.9. The van der Waals surface area contributed by atoms with E-state index in [9.17, 15) is 9.59 Å². The Bertz CT molecular complexity index is 862. The van der Waals surface area contributed by atoms with E-state index in [1.165, 1.54) is 0 Å². The van der Waals surface area contributed by atoms with Crippen molar-refractivity contribution in [2.45, 2.75) is 6.10 Å². The first-order chi connectivity index (χ1) is 13.2. The van der Waals surface area contributed by atoms with Gasteiger partial charge in [-0.2, -0.15) is 0 Å². The molecule has 2 aromatic carbocycles. The molecule has 1 unspecified atom stereocenters. The minimum absolute atomic E-state index is 0.299. The summed E-state index contributed by atoms with van der Waals surface area (Å²) in [5.74, 6) is 0.601. The largest absolute Gasteiger partial charge is 0.497 e. The number of methoxy groups -OCH3 is 1. The van der Waals surface area contributed by atoms with E-state index in [0.717, 1.165) is 11.4 Å². The molecule has 2 amide bonds. The molecular weight excluding hydrogens is 346 g/mol. The number of carbonyl (C=O) groups excluding carboxylic acids is 2. The Balaban J connectivity index is 1.41. The second-order valence-electron chi connectivity index (χ2n) is 6.50. The molecule has 2 aliphatic rings. The van der Waals surface area contributed by atoms with Crippen molar-refractivity contribution in [2.75, 3.05) is 43.5 Å². The minimum Gasteiger partial charge on any atom is -0.497 e. The van der Waals surface area contributed by atoms with Crippen LogP contribution in [0.25, 0.3) is 0 Å². The molecule has 0 radical (unpaired) electrons. The fraction of sp³-hybridized carbons (Fsp3) is 0.300. The molecule has 0 spiro atoms. The van der Waals surface area contributed by atoms with Crippen molar-refractivity contribution in [2.24, 2.45) is 0 Å². The monoisotopic (exact) mass is 367 g/mol. The Morgan fingerprint density at radius 3 is 2.67 bits per heavy atom. The van der Waals surface area contributed by atoms with Crippen LogP contribution >= 0.6 is 0 Å². The number of piperazine rings is 1. The number of anilines is 2. The van der Waals surface area contributed by atoms with Crippen molar-refractivity contribution >= 4 is 23.2 Å². The minimum atomic E-state index is -1.14. The van der Waals surface area contributed by atoms with E-state index in [1.807, 2.05) is 36.4 Å². The molecule has 1 atom stereocenters. The molecule has 1 saturated heterocycles. The van der Waals surface area contributed by atoms with Gasteiger partial charge in [0.1, 0.15) is 11.5 Å². The maximum Gasteiger partial charge on any atom is 0.275 e. The summed E-state index contributed by atoms with van der Waals surface area (Å²) in [6.45, 7) is 2.43. The molecule has 7 nitrogen and oxygen atoms in total. The topological polar surface area (TPSA) is 71.1 Å².